The Morgan fingerprint density at radius 3 is 2.04 bits per heavy atom. The summed E-state index contributed by atoms with van der Waals surface area (Å²) in [6, 6.07) is 22.3. The molecule has 0 saturated heterocycles. The fraction of sp³-hybridized carbons (Fsp3) is 0.0500. The van der Waals surface area contributed by atoms with E-state index in [9.17, 15) is 0 Å². The molecule has 0 aliphatic rings. The van der Waals surface area contributed by atoms with Crippen molar-refractivity contribution in [2.75, 3.05) is 11.1 Å². The van der Waals surface area contributed by atoms with E-state index in [2.05, 4.69) is 23.5 Å². The smallest absolute Gasteiger partial charge is 0.0730 e. The summed E-state index contributed by atoms with van der Waals surface area (Å²) in [5, 5.41) is 5.79. The number of nitrogen functional groups attached to an aromatic ring is 1. The van der Waals surface area contributed by atoms with Gasteiger partial charge in [0, 0.05) is 22.1 Å². The summed E-state index contributed by atoms with van der Waals surface area (Å²) < 4.78 is 0. The fourth-order valence-corrected chi connectivity index (χ4v) is 2.90. The van der Waals surface area contributed by atoms with Crippen LogP contribution in [0.4, 0.5) is 17.1 Å². The van der Waals surface area contributed by atoms with Crippen molar-refractivity contribution in [3.63, 3.8) is 0 Å². The number of benzene rings is 3. The minimum absolute atomic E-state index is 0.790. The quantitative estimate of drug-likeness (QED) is 0.403. The molecule has 0 atom stereocenters. The summed E-state index contributed by atoms with van der Waals surface area (Å²) in [6.45, 7) is 2.03. The van der Waals surface area contributed by atoms with Crippen LogP contribution >= 0.6 is 0 Å². The normalized spacial score (nSPS) is 11.0. The highest BCUT2D eigenvalue weighted by Gasteiger charge is 2.10. The molecule has 0 bridgehead atoms. The van der Waals surface area contributed by atoms with Crippen molar-refractivity contribution < 1.29 is 0 Å². The molecule has 3 nitrogen and oxygen atoms in total. The number of aromatic nitrogens is 1. The summed E-state index contributed by atoms with van der Waals surface area (Å²) in [7, 11) is 0. The van der Waals surface area contributed by atoms with Crippen LogP contribution in [-0.2, 0) is 0 Å². The molecule has 4 rings (SSSR count). The van der Waals surface area contributed by atoms with Crippen molar-refractivity contribution in [2.45, 2.75) is 6.92 Å². The molecular formula is C20H17N3. The average Bonchev–Trinajstić information content (AvgIpc) is 2.58. The van der Waals surface area contributed by atoms with Crippen LogP contribution in [0.1, 0.15) is 5.56 Å². The second-order valence-corrected chi connectivity index (χ2v) is 5.67. The van der Waals surface area contributed by atoms with Gasteiger partial charge >= 0.3 is 0 Å². The van der Waals surface area contributed by atoms with Gasteiger partial charge in [-0.05, 0) is 36.8 Å². The second-order valence-electron chi connectivity index (χ2n) is 5.67. The van der Waals surface area contributed by atoms with E-state index in [1.807, 2.05) is 55.5 Å². The van der Waals surface area contributed by atoms with Crippen molar-refractivity contribution in [3.05, 3.63) is 72.3 Å². The van der Waals surface area contributed by atoms with Crippen molar-refractivity contribution in [2.24, 2.45) is 0 Å². The van der Waals surface area contributed by atoms with Crippen LogP contribution in [0.15, 0.2) is 66.7 Å². The van der Waals surface area contributed by atoms with Crippen LogP contribution in [0.3, 0.4) is 0 Å². The Morgan fingerprint density at radius 1 is 0.783 bits per heavy atom. The highest BCUT2D eigenvalue weighted by Crippen LogP contribution is 2.34. The number of hydrogen-bond acceptors (Lipinski definition) is 3. The van der Waals surface area contributed by atoms with Gasteiger partial charge in [0.15, 0.2) is 0 Å². The first-order chi connectivity index (χ1) is 11.2. The molecule has 3 heteroatoms. The molecule has 23 heavy (non-hydrogen) atoms. The van der Waals surface area contributed by atoms with Gasteiger partial charge in [0.2, 0.25) is 0 Å². The highest BCUT2D eigenvalue weighted by atomic mass is 14.9. The van der Waals surface area contributed by atoms with Gasteiger partial charge in [-0.15, -0.1) is 0 Å². The number of nitrogens with zero attached hydrogens (tertiary/aromatic N) is 1. The first kappa shape index (κ1) is 13.6. The lowest BCUT2D eigenvalue weighted by Gasteiger charge is -2.15. The number of anilines is 3. The third kappa shape index (κ3) is 2.27. The van der Waals surface area contributed by atoms with E-state index < -0.39 is 0 Å². The Balaban J connectivity index is 2.01. The van der Waals surface area contributed by atoms with Gasteiger partial charge in [-0.1, -0.05) is 42.5 Å². The van der Waals surface area contributed by atoms with Gasteiger partial charge in [0.1, 0.15) is 0 Å². The van der Waals surface area contributed by atoms with Gasteiger partial charge < -0.3 is 11.1 Å². The van der Waals surface area contributed by atoms with Gasteiger partial charge in [0.05, 0.1) is 16.7 Å². The third-order valence-corrected chi connectivity index (χ3v) is 4.22. The van der Waals surface area contributed by atoms with E-state index in [-0.39, 0.29) is 0 Å². The van der Waals surface area contributed by atoms with E-state index in [0.29, 0.717) is 0 Å². The maximum Gasteiger partial charge on any atom is 0.0730 e. The van der Waals surface area contributed by atoms with Crippen LogP contribution in [0, 0.1) is 6.92 Å². The van der Waals surface area contributed by atoms with Gasteiger partial charge in [-0.25, -0.2) is 4.98 Å². The van der Waals surface area contributed by atoms with Crippen LogP contribution in [-0.4, -0.2) is 4.98 Å². The number of rotatable bonds is 2. The summed E-state index contributed by atoms with van der Waals surface area (Å²) in [4.78, 5) is 4.76. The molecule has 0 aliphatic carbocycles. The molecular weight excluding hydrogens is 282 g/mol. The Labute approximate surface area is 134 Å². The Kier molecular flexibility index (Phi) is 3.12. The molecule has 0 aliphatic heterocycles. The molecule has 0 spiro atoms. The van der Waals surface area contributed by atoms with Crippen molar-refractivity contribution in [1.29, 1.82) is 0 Å². The van der Waals surface area contributed by atoms with Gasteiger partial charge in [-0.3, -0.25) is 0 Å². The molecule has 0 radical (unpaired) electrons. The molecule has 0 saturated carbocycles. The Hall–Kier alpha value is -3.07. The zero-order valence-corrected chi connectivity index (χ0v) is 12.9. The lowest BCUT2D eigenvalue weighted by molar-refractivity contribution is 1.43. The zero-order chi connectivity index (χ0) is 15.8. The number of nitrogens with one attached hydrogen (secondary N) is 1. The summed E-state index contributed by atoms with van der Waals surface area (Å²) >= 11 is 0. The predicted octanol–water partition coefficient (Wildman–Crippen LogP) is 5.02. The maximum atomic E-state index is 6.05. The largest absolute Gasteiger partial charge is 0.398 e. The third-order valence-electron chi connectivity index (χ3n) is 4.22. The minimum Gasteiger partial charge on any atom is -0.398 e. The highest BCUT2D eigenvalue weighted by molar-refractivity contribution is 6.08. The topological polar surface area (TPSA) is 50.9 Å². The number of nitrogens with two attached hydrogens (primary N) is 1. The maximum absolute atomic E-state index is 6.05. The first-order valence-electron chi connectivity index (χ1n) is 7.63. The number of para-hydroxylation sites is 2. The van der Waals surface area contributed by atoms with Crippen LogP contribution in [0.2, 0.25) is 0 Å². The second kappa shape index (κ2) is 5.29. The van der Waals surface area contributed by atoms with Crippen LogP contribution < -0.4 is 11.1 Å². The lowest BCUT2D eigenvalue weighted by atomic mass is 10.1. The summed E-state index contributed by atoms with van der Waals surface area (Å²) in [5.41, 5.74) is 11.9. The van der Waals surface area contributed by atoms with Crippen LogP contribution in [0.5, 0.6) is 0 Å². The Bertz CT molecular complexity index is 968. The molecule has 3 N–H and O–H groups in total. The standard InChI is InChI=1S/C20H17N3/c1-13-16(21)9-6-12-17(13)23-20-14-7-2-4-10-18(14)22-19-11-5-3-8-15(19)20/h2-12H,21H2,1H3,(H,22,23). The van der Waals surface area contributed by atoms with E-state index in [0.717, 1.165) is 44.4 Å². The molecule has 1 aromatic heterocycles. The van der Waals surface area contributed by atoms with E-state index >= 15 is 0 Å². The van der Waals surface area contributed by atoms with Crippen molar-refractivity contribution >= 4 is 38.9 Å². The number of hydrogen-bond donors (Lipinski definition) is 2. The minimum atomic E-state index is 0.790. The van der Waals surface area contributed by atoms with Crippen LogP contribution in [0.25, 0.3) is 21.8 Å². The van der Waals surface area contributed by atoms with E-state index in [1.54, 1.807) is 0 Å². The molecule has 4 aromatic rings. The monoisotopic (exact) mass is 299 g/mol. The number of fused-ring (bicyclic) bond motifs is 2. The predicted molar refractivity (Wildman–Crippen MR) is 98.1 cm³/mol. The average molecular weight is 299 g/mol. The molecule has 0 unspecified atom stereocenters. The van der Waals surface area contributed by atoms with Gasteiger partial charge in [0.25, 0.3) is 0 Å². The molecule has 1 heterocycles. The summed E-state index contributed by atoms with van der Waals surface area (Å²) in [6.07, 6.45) is 0. The SMILES string of the molecule is Cc1c(N)cccc1Nc1c2ccccc2nc2ccccc12. The van der Waals surface area contributed by atoms with Crippen molar-refractivity contribution in [3.8, 4) is 0 Å². The lowest BCUT2D eigenvalue weighted by Crippen LogP contribution is -1.99. The zero-order valence-electron chi connectivity index (χ0n) is 12.9. The molecule has 112 valence electrons. The van der Waals surface area contributed by atoms with E-state index in [4.69, 9.17) is 10.7 Å². The van der Waals surface area contributed by atoms with Gasteiger partial charge in [-0.2, -0.15) is 0 Å². The first-order valence-corrected chi connectivity index (χ1v) is 7.63. The Morgan fingerprint density at radius 2 is 1.39 bits per heavy atom. The number of pyridine rings is 1. The fourth-order valence-electron chi connectivity index (χ4n) is 2.90. The molecule has 3 aromatic carbocycles. The summed E-state index contributed by atoms with van der Waals surface area (Å²) in [5.74, 6) is 0. The molecule has 0 fully saturated rings. The van der Waals surface area contributed by atoms with Crippen molar-refractivity contribution in [1.82, 2.24) is 4.98 Å². The van der Waals surface area contributed by atoms with E-state index in [1.165, 1.54) is 0 Å². The molecule has 0 amide bonds.